The number of nitrogens with one attached hydrogen (secondary N) is 2. The van der Waals surface area contributed by atoms with Crippen molar-refractivity contribution in [3.63, 3.8) is 0 Å². The minimum atomic E-state index is -0.677. The van der Waals surface area contributed by atoms with Crippen LogP contribution in [-0.4, -0.2) is 12.0 Å². The third kappa shape index (κ3) is 5.10. The van der Waals surface area contributed by atoms with Gasteiger partial charge in [0.05, 0.1) is 11.6 Å². The predicted molar refractivity (Wildman–Crippen MR) is 106 cm³/mol. The SMILES string of the molecule is CC(Oc1ccc(C#N)cc1)C(=O)Nc1cccc(Nc2ccccc2)c1. The van der Waals surface area contributed by atoms with Crippen LogP contribution in [0.3, 0.4) is 0 Å². The quantitative estimate of drug-likeness (QED) is 0.670. The lowest BCUT2D eigenvalue weighted by molar-refractivity contribution is -0.122. The highest BCUT2D eigenvalue weighted by atomic mass is 16.5. The Morgan fingerprint density at radius 2 is 1.59 bits per heavy atom. The van der Waals surface area contributed by atoms with Gasteiger partial charge >= 0.3 is 0 Å². The van der Waals surface area contributed by atoms with Crippen molar-refractivity contribution in [3.8, 4) is 11.8 Å². The second kappa shape index (κ2) is 8.54. The fraction of sp³-hybridized carbons (Fsp3) is 0.0909. The number of hydrogen-bond acceptors (Lipinski definition) is 4. The Labute approximate surface area is 158 Å². The van der Waals surface area contributed by atoms with E-state index in [9.17, 15) is 4.79 Å². The van der Waals surface area contributed by atoms with E-state index < -0.39 is 6.10 Å². The number of hydrogen-bond donors (Lipinski definition) is 2. The Kier molecular flexibility index (Phi) is 5.70. The summed E-state index contributed by atoms with van der Waals surface area (Å²) in [7, 11) is 0. The highest BCUT2D eigenvalue weighted by molar-refractivity contribution is 5.94. The molecule has 0 heterocycles. The van der Waals surface area contributed by atoms with Gasteiger partial charge in [-0.15, -0.1) is 0 Å². The molecule has 0 aliphatic rings. The summed E-state index contributed by atoms with van der Waals surface area (Å²) >= 11 is 0. The summed E-state index contributed by atoms with van der Waals surface area (Å²) < 4.78 is 5.64. The first-order valence-electron chi connectivity index (χ1n) is 8.54. The van der Waals surface area contributed by atoms with Crippen LogP contribution in [-0.2, 0) is 4.79 Å². The first-order chi connectivity index (χ1) is 13.1. The number of carbonyl (C=O) groups is 1. The fourth-order valence-corrected chi connectivity index (χ4v) is 2.47. The third-order valence-corrected chi connectivity index (χ3v) is 3.86. The van der Waals surface area contributed by atoms with Crippen molar-refractivity contribution in [3.05, 3.63) is 84.4 Å². The van der Waals surface area contributed by atoms with Crippen LogP contribution in [0.25, 0.3) is 0 Å². The van der Waals surface area contributed by atoms with Crippen molar-refractivity contribution in [2.24, 2.45) is 0 Å². The number of ether oxygens (including phenoxy) is 1. The average Bonchev–Trinajstić information content (AvgIpc) is 2.69. The lowest BCUT2D eigenvalue weighted by atomic mass is 10.2. The number of carbonyl (C=O) groups excluding carboxylic acids is 1. The Balaban J connectivity index is 1.61. The molecule has 0 fully saturated rings. The molecule has 0 aliphatic heterocycles. The van der Waals surface area contributed by atoms with Gasteiger partial charge < -0.3 is 15.4 Å². The molecule has 3 aromatic rings. The number of nitriles is 1. The van der Waals surface area contributed by atoms with E-state index in [1.54, 1.807) is 31.2 Å². The van der Waals surface area contributed by atoms with Crippen molar-refractivity contribution < 1.29 is 9.53 Å². The van der Waals surface area contributed by atoms with Gasteiger partial charge in [0.2, 0.25) is 0 Å². The number of para-hydroxylation sites is 1. The van der Waals surface area contributed by atoms with E-state index in [0.717, 1.165) is 11.4 Å². The molecule has 0 aromatic heterocycles. The summed E-state index contributed by atoms with van der Waals surface area (Å²) in [6.45, 7) is 1.68. The molecule has 0 saturated carbocycles. The van der Waals surface area contributed by atoms with Crippen molar-refractivity contribution in [1.29, 1.82) is 5.26 Å². The van der Waals surface area contributed by atoms with E-state index in [1.165, 1.54) is 0 Å². The van der Waals surface area contributed by atoms with Crippen LogP contribution >= 0.6 is 0 Å². The van der Waals surface area contributed by atoms with Crippen LogP contribution in [0.15, 0.2) is 78.9 Å². The highest BCUT2D eigenvalue weighted by Crippen LogP contribution is 2.20. The molecule has 0 spiro atoms. The summed E-state index contributed by atoms with van der Waals surface area (Å²) in [6.07, 6.45) is -0.677. The zero-order valence-corrected chi connectivity index (χ0v) is 14.8. The lowest BCUT2D eigenvalue weighted by Gasteiger charge is -2.15. The summed E-state index contributed by atoms with van der Waals surface area (Å²) in [5.41, 5.74) is 3.07. The molecule has 3 aromatic carbocycles. The monoisotopic (exact) mass is 357 g/mol. The Morgan fingerprint density at radius 1 is 0.926 bits per heavy atom. The fourth-order valence-electron chi connectivity index (χ4n) is 2.47. The molecule has 2 N–H and O–H groups in total. The van der Waals surface area contributed by atoms with Gasteiger partial charge in [0.1, 0.15) is 5.75 Å². The molecule has 0 radical (unpaired) electrons. The van der Waals surface area contributed by atoms with Crippen LogP contribution in [0.5, 0.6) is 5.75 Å². The third-order valence-electron chi connectivity index (χ3n) is 3.86. The molecule has 0 aliphatic carbocycles. The Bertz CT molecular complexity index is 947. The van der Waals surface area contributed by atoms with Gasteiger partial charge in [0.25, 0.3) is 5.91 Å². The smallest absolute Gasteiger partial charge is 0.265 e. The minimum Gasteiger partial charge on any atom is -0.481 e. The van der Waals surface area contributed by atoms with Crippen LogP contribution in [0.1, 0.15) is 12.5 Å². The number of anilines is 3. The minimum absolute atomic E-state index is 0.253. The molecule has 1 amide bonds. The summed E-state index contributed by atoms with van der Waals surface area (Å²) in [6, 6.07) is 26.0. The summed E-state index contributed by atoms with van der Waals surface area (Å²) in [5.74, 6) is 0.285. The zero-order valence-electron chi connectivity index (χ0n) is 14.8. The molecule has 1 unspecified atom stereocenters. The maximum Gasteiger partial charge on any atom is 0.265 e. The van der Waals surface area contributed by atoms with Gasteiger partial charge in [-0.3, -0.25) is 4.79 Å². The van der Waals surface area contributed by atoms with E-state index in [4.69, 9.17) is 10.00 Å². The van der Waals surface area contributed by atoms with E-state index in [0.29, 0.717) is 17.0 Å². The molecular formula is C22H19N3O2. The second-order valence-electron chi connectivity index (χ2n) is 5.96. The van der Waals surface area contributed by atoms with Crippen LogP contribution in [0.2, 0.25) is 0 Å². The Hall–Kier alpha value is -3.78. The van der Waals surface area contributed by atoms with E-state index in [-0.39, 0.29) is 5.91 Å². The van der Waals surface area contributed by atoms with Crippen LogP contribution in [0, 0.1) is 11.3 Å². The molecule has 1 atom stereocenters. The highest BCUT2D eigenvalue weighted by Gasteiger charge is 2.15. The predicted octanol–water partition coefficient (Wildman–Crippen LogP) is 4.71. The van der Waals surface area contributed by atoms with E-state index >= 15 is 0 Å². The van der Waals surface area contributed by atoms with E-state index in [1.807, 2.05) is 60.7 Å². The molecular weight excluding hydrogens is 338 g/mol. The maximum absolute atomic E-state index is 12.4. The van der Waals surface area contributed by atoms with Gasteiger partial charge in [-0.05, 0) is 61.5 Å². The van der Waals surface area contributed by atoms with Gasteiger partial charge in [-0.1, -0.05) is 24.3 Å². The average molecular weight is 357 g/mol. The molecule has 134 valence electrons. The van der Waals surface area contributed by atoms with Crippen LogP contribution < -0.4 is 15.4 Å². The molecule has 27 heavy (non-hydrogen) atoms. The second-order valence-corrected chi connectivity index (χ2v) is 5.96. The number of benzene rings is 3. The number of rotatable bonds is 6. The molecule has 5 nitrogen and oxygen atoms in total. The molecule has 3 rings (SSSR count). The van der Waals surface area contributed by atoms with Crippen LogP contribution in [0.4, 0.5) is 17.1 Å². The van der Waals surface area contributed by atoms with Crippen molar-refractivity contribution in [1.82, 2.24) is 0 Å². The van der Waals surface area contributed by atoms with Crippen molar-refractivity contribution >= 4 is 23.0 Å². The summed E-state index contributed by atoms with van der Waals surface area (Å²) in [5, 5.41) is 15.0. The topological polar surface area (TPSA) is 74.1 Å². The molecule has 0 bridgehead atoms. The standard InChI is InChI=1S/C22H19N3O2/c1-16(27-21-12-10-17(15-23)11-13-21)22(26)25-20-9-5-8-19(14-20)24-18-6-3-2-4-7-18/h2-14,16,24H,1H3,(H,25,26). The van der Waals surface area contributed by atoms with E-state index in [2.05, 4.69) is 10.6 Å². The molecule has 5 heteroatoms. The molecule has 0 saturated heterocycles. The van der Waals surface area contributed by atoms with Gasteiger partial charge in [0.15, 0.2) is 6.10 Å². The first kappa shape index (κ1) is 18.0. The normalized spacial score (nSPS) is 11.1. The van der Waals surface area contributed by atoms with Crippen molar-refractivity contribution in [2.75, 3.05) is 10.6 Å². The Morgan fingerprint density at radius 3 is 2.30 bits per heavy atom. The largest absolute Gasteiger partial charge is 0.481 e. The summed E-state index contributed by atoms with van der Waals surface area (Å²) in [4.78, 5) is 12.4. The van der Waals surface area contributed by atoms with Gasteiger partial charge in [0, 0.05) is 17.1 Å². The number of nitrogens with zero attached hydrogens (tertiary/aromatic N) is 1. The zero-order chi connectivity index (χ0) is 19.1. The van der Waals surface area contributed by atoms with Gasteiger partial charge in [-0.2, -0.15) is 5.26 Å². The van der Waals surface area contributed by atoms with Crippen molar-refractivity contribution in [2.45, 2.75) is 13.0 Å². The maximum atomic E-state index is 12.4. The van der Waals surface area contributed by atoms with Gasteiger partial charge in [-0.25, -0.2) is 0 Å². The number of amides is 1. The lowest BCUT2D eigenvalue weighted by Crippen LogP contribution is -2.30. The first-order valence-corrected chi connectivity index (χ1v) is 8.54.